The largest absolute Gasteiger partial charge is 0.497 e. The van der Waals surface area contributed by atoms with Crippen LogP contribution < -0.4 is 14.8 Å². The molecule has 1 N–H and O–H groups in total. The van der Waals surface area contributed by atoms with Gasteiger partial charge < -0.3 is 19.5 Å². The monoisotopic (exact) mass is 321 g/mol. The third kappa shape index (κ3) is 3.75. The molecule has 6 heteroatoms. The number of ether oxygens (including phenoxy) is 3. The molecular formula is C17H23NO5. The molecule has 23 heavy (non-hydrogen) atoms. The van der Waals surface area contributed by atoms with Crippen molar-refractivity contribution in [3.8, 4) is 11.5 Å². The smallest absolute Gasteiger partial charge is 0.331 e. The van der Waals surface area contributed by atoms with Gasteiger partial charge in [-0.15, -0.1) is 0 Å². The Kier molecular flexibility index (Phi) is 5.47. The number of amides is 1. The lowest BCUT2D eigenvalue weighted by molar-refractivity contribution is -0.150. The summed E-state index contributed by atoms with van der Waals surface area (Å²) in [5.74, 6) is 0.343. The van der Waals surface area contributed by atoms with Crippen LogP contribution in [0.1, 0.15) is 43.0 Å². The second-order valence-electron chi connectivity index (χ2n) is 5.57. The van der Waals surface area contributed by atoms with Gasteiger partial charge in [0.1, 0.15) is 17.0 Å². The molecule has 0 atom stereocenters. The predicted molar refractivity (Wildman–Crippen MR) is 84.8 cm³/mol. The maximum Gasteiger partial charge on any atom is 0.331 e. The molecule has 126 valence electrons. The second-order valence-corrected chi connectivity index (χ2v) is 5.57. The Morgan fingerprint density at radius 3 is 2.13 bits per heavy atom. The van der Waals surface area contributed by atoms with Crippen molar-refractivity contribution in [2.24, 2.45) is 0 Å². The van der Waals surface area contributed by atoms with Gasteiger partial charge in [0.25, 0.3) is 5.91 Å². The quantitative estimate of drug-likeness (QED) is 0.814. The van der Waals surface area contributed by atoms with E-state index in [0.717, 1.165) is 12.8 Å². The molecule has 1 saturated carbocycles. The molecule has 1 fully saturated rings. The van der Waals surface area contributed by atoms with Gasteiger partial charge in [0.15, 0.2) is 0 Å². The van der Waals surface area contributed by atoms with E-state index in [2.05, 4.69) is 5.32 Å². The van der Waals surface area contributed by atoms with Crippen LogP contribution >= 0.6 is 0 Å². The molecule has 0 radical (unpaired) electrons. The summed E-state index contributed by atoms with van der Waals surface area (Å²) in [6.07, 6.45) is 2.97. The Morgan fingerprint density at radius 1 is 1.09 bits per heavy atom. The maximum absolute atomic E-state index is 12.6. The lowest BCUT2D eigenvalue weighted by atomic mass is 9.97. The van der Waals surface area contributed by atoms with Crippen LogP contribution in [-0.4, -0.2) is 38.2 Å². The molecule has 0 spiro atoms. The highest BCUT2D eigenvalue weighted by Crippen LogP contribution is 2.32. The number of nitrogens with one attached hydrogen (secondary N) is 1. The average Bonchev–Trinajstić information content (AvgIpc) is 3.04. The van der Waals surface area contributed by atoms with Gasteiger partial charge in [0, 0.05) is 11.6 Å². The van der Waals surface area contributed by atoms with E-state index in [1.807, 2.05) is 0 Å². The summed E-state index contributed by atoms with van der Waals surface area (Å²) in [6, 6.07) is 4.92. The Labute approximate surface area is 136 Å². The molecule has 1 aromatic rings. The number of rotatable bonds is 6. The van der Waals surface area contributed by atoms with Crippen molar-refractivity contribution in [1.29, 1.82) is 0 Å². The van der Waals surface area contributed by atoms with Crippen molar-refractivity contribution in [1.82, 2.24) is 5.32 Å². The zero-order valence-electron chi connectivity index (χ0n) is 13.8. The van der Waals surface area contributed by atoms with Crippen LogP contribution in [0, 0.1) is 0 Å². The molecule has 1 aromatic carbocycles. The molecule has 0 saturated heterocycles. The summed E-state index contributed by atoms with van der Waals surface area (Å²) in [4.78, 5) is 24.9. The zero-order chi connectivity index (χ0) is 16.9. The predicted octanol–water partition coefficient (Wildman–Crippen LogP) is 2.31. The Hall–Kier alpha value is -2.24. The summed E-state index contributed by atoms with van der Waals surface area (Å²) in [7, 11) is 3.04. The second kappa shape index (κ2) is 7.35. The van der Waals surface area contributed by atoms with Crippen LogP contribution in [0.25, 0.3) is 0 Å². The molecule has 0 aromatic heterocycles. The standard InChI is InChI=1S/C17H23NO5/c1-4-23-16(20)17(7-5-6-8-17)18-15(19)12-9-13(21-2)11-14(10-12)22-3/h9-11H,4-8H2,1-3H3,(H,18,19). The molecule has 0 aliphatic heterocycles. The van der Waals surface area contributed by atoms with Gasteiger partial charge in [-0.1, -0.05) is 12.8 Å². The first-order valence-corrected chi connectivity index (χ1v) is 7.77. The highest BCUT2D eigenvalue weighted by molar-refractivity contribution is 5.99. The SMILES string of the molecule is CCOC(=O)C1(NC(=O)c2cc(OC)cc(OC)c2)CCCC1. The molecule has 1 aliphatic rings. The van der Waals surface area contributed by atoms with Crippen molar-refractivity contribution in [3.63, 3.8) is 0 Å². The first-order valence-electron chi connectivity index (χ1n) is 7.77. The van der Waals surface area contributed by atoms with Gasteiger partial charge in [-0.25, -0.2) is 4.79 Å². The highest BCUT2D eigenvalue weighted by atomic mass is 16.5. The van der Waals surface area contributed by atoms with Crippen molar-refractivity contribution < 1.29 is 23.8 Å². The third-order valence-corrected chi connectivity index (χ3v) is 4.09. The third-order valence-electron chi connectivity index (χ3n) is 4.09. The molecule has 0 bridgehead atoms. The number of carbonyl (C=O) groups excluding carboxylic acids is 2. The van der Waals surface area contributed by atoms with Gasteiger partial charge in [0.2, 0.25) is 0 Å². The maximum atomic E-state index is 12.6. The zero-order valence-corrected chi connectivity index (χ0v) is 13.8. The number of carbonyl (C=O) groups is 2. The number of benzene rings is 1. The summed E-state index contributed by atoms with van der Waals surface area (Å²) < 4.78 is 15.5. The summed E-state index contributed by atoms with van der Waals surface area (Å²) in [6.45, 7) is 2.05. The van der Waals surface area contributed by atoms with Gasteiger partial charge in [-0.2, -0.15) is 0 Å². The Bertz CT molecular complexity index is 556. The van der Waals surface area contributed by atoms with Crippen LogP contribution in [0.2, 0.25) is 0 Å². The van der Waals surface area contributed by atoms with Gasteiger partial charge in [0.05, 0.1) is 20.8 Å². The lowest BCUT2D eigenvalue weighted by Crippen LogP contribution is -2.53. The average molecular weight is 321 g/mol. The van der Waals surface area contributed by atoms with Gasteiger partial charge in [-0.3, -0.25) is 4.79 Å². The van der Waals surface area contributed by atoms with Crippen molar-refractivity contribution >= 4 is 11.9 Å². The molecule has 2 rings (SSSR count). The fraction of sp³-hybridized carbons (Fsp3) is 0.529. The lowest BCUT2D eigenvalue weighted by Gasteiger charge is -2.27. The first-order chi connectivity index (χ1) is 11.0. The van der Waals surface area contributed by atoms with Crippen LogP contribution in [-0.2, 0) is 9.53 Å². The Balaban J connectivity index is 2.24. The van der Waals surface area contributed by atoms with Crippen molar-refractivity contribution in [2.75, 3.05) is 20.8 Å². The minimum Gasteiger partial charge on any atom is -0.497 e. The summed E-state index contributed by atoms with van der Waals surface area (Å²) in [5, 5.41) is 2.87. The van der Waals surface area contributed by atoms with E-state index >= 15 is 0 Å². The molecular weight excluding hydrogens is 298 g/mol. The van der Waals surface area contributed by atoms with E-state index in [9.17, 15) is 9.59 Å². The fourth-order valence-corrected chi connectivity index (χ4v) is 2.86. The number of hydrogen-bond acceptors (Lipinski definition) is 5. The number of hydrogen-bond donors (Lipinski definition) is 1. The van der Waals surface area contributed by atoms with E-state index in [1.54, 1.807) is 25.1 Å². The number of esters is 1. The highest BCUT2D eigenvalue weighted by Gasteiger charge is 2.44. The Morgan fingerprint density at radius 2 is 1.65 bits per heavy atom. The van der Waals surface area contributed by atoms with Crippen LogP contribution in [0.5, 0.6) is 11.5 Å². The molecule has 0 unspecified atom stereocenters. The summed E-state index contributed by atoms with van der Waals surface area (Å²) >= 11 is 0. The van der Waals surface area contributed by atoms with Gasteiger partial charge >= 0.3 is 5.97 Å². The van der Waals surface area contributed by atoms with Crippen LogP contribution in [0.3, 0.4) is 0 Å². The molecule has 1 amide bonds. The van der Waals surface area contributed by atoms with Gasteiger partial charge in [-0.05, 0) is 31.9 Å². The number of methoxy groups -OCH3 is 2. The first kappa shape index (κ1) is 17.1. The van der Waals surface area contributed by atoms with E-state index in [1.165, 1.54) is 14.2 Å². The van der Waals surface area contributed by atoms with E-state index in [4.69, 9.17) is 14.2 Å². The molecule has 1 aliphatic carbocycles. The normalized spacial score (nSPS) is 15.8. The van der Waals surface area contributed by atoms with Crippen molar-refractivity contribution in [2.45, 2.75) is 38.1 Å². The molecule has 6 nitrogen and oxygen atoms in total. The van der Waals surface area contributed by atoms with E-state index in [-0.39, 0.29) is 11.9 Å². The minimum atomic E-state index is -0.927. The van der Waals surface area contributed by atoms with E-state index in [0.29, 0.717) is 36.5 Å². The minimum absolute atomic E-state index is 0.295. The van der Waals surface area contributed by atoms with Crippen LogP contribution in [0.4, 0.5) is 0 Å². The summed E-state index contributed by atoms with van der Waals surface area (Å²) in [5.41, 5.74) is -0.541. The molecule has 0 heterocycles. The van der Waals surface area contributed by atoms with Crippen LogP contribution in [0.15, 0.2) is 18.2 Å². The van der Waals surface area contributed by atoms with Crippen molar-refractivity contribution in [3.05, 3.63) is 23.8 Å². The fourth-order valence-electron chi connectivity index (χ4n) is 2.86. The topological polar surface area (TPSA) is 73.9 Å². The van der Waals surface area contributed by atoms with E-state index < -0.39 is 5.54 Å².